The lowest BCUT2D eigenvalue weighted by Crippen LogP contribution is -2.53. The average molecular weight is 602 g/mol. The summed E-state index contributed by atoms with van der Waals surface area (Å²) in [4.78, 5) is 20.4. The Bertz CT molecular complexity index is 1330. The molecule has 3 heterocycles. The summed E-state index contributed by atoms with van der Waals surface area (Å²) >= 11 is 0. The molecule has 3 aliphatic rings. The Labute approximate surface area is 251 Å². The fraction of sp³-hybridized carbons (Fsp3) is 0.645. The van der Waals surface area contributed by atoms with Crippen molar-refractivity contribution < 1.29 is 22.7 Å². The highest BCUT2D eigenvalue weighted by Crippen LogP contribution is 2.35. The number of hydrogen-bond acceptors (Lipinski definition) is 7. The molecule has 5 rings (SSSR count). The summed E-state index contributed by atoms with van der Waals surface area (Å²) in [5.41, 5.74) is 2.16. The number of amides is 1. The van der Waals surface area contributed by atoms with Crippen molar-refractivity contribution in [1.29, 1.82) is 0 Å². The van der Waals surface area contributed by atoms with Crippen LogP contribution in [0.1, 0.15) is 48.5 Å². The predicted octanol–water partition coefficient (Wildman–Crippen LogP) is 2.89. The van der Waals surface area contributed by atoms with Crippen molar-refractivity contribution in [3.8, 4) is 5.75 Å². The van der Waals surface area contributed by atoms with E-state index < -0.39 is 16.1 Å². The van der Waals surface area contributed by atoms with Gasteiger partial charge in [-0.3, -0.25) is 9.69 Å². The monoisotopic (exact) mass is 601 g/mol. The summed E-state index contributed by atoms with van der Waals surface area (Å²) in [7, 11) is 1.80. The second kappa shape index (κ2) is 13.1. The molecule has 0 N–H and O–H groups in total. The number of sulfonamides is 1. The van der Waals surface area contributed by atoms with E-state index in [9.17, 15) is 13.2 Å². The van der Waals surface area contributed by atoms with Crippen LogP contribution >= 0.6 is 0 Å². The minimum Gasteiger partial charge on any atom is -0.497 e. The van der Waals surface area contributed by atoms with Gasteiger partial charge >= 0.3 is 0 Å². The van der Waals surface area contributed by atoms with Crippen molar-refractivity contribution >= 4 is 15.9 Å². The summed E-state index contributed by atoms with van der Waals surface area (Å²) in [6.45, 7) is 8.89. The molecule has 232 valence electrons. The molecule has 1 aromatic carbocycles. The van der Waals surface area contributed by atoms with Crippen LogP contribution in [0, 0.1) is 13.8 Å². The van der Waals surface area contributed by atoms with E-state index in [2.05, 4.69) is 21.4 Å². The zero-order valence-corrected chi connectivity index (χ0v) is 26.6. The quantitative estimate of drug-likeness (QED) is 0.437. The number of methoxy groups -OCH3 is 1. The van der Waals surface area contributed by atoms with E-state index in [1.54, 1.807) is 37.4 Å². The molecule has 42 heavy (non-hydrogen) atoms. The number of aryl methyl sites for hydroxylation is 2. The Morgan fingerprint density at radius 2 is 1.76 bits per heavy atom. The van der Waals surface area contributed by atoms with Crippen molar-refractivity contribution in [1.82, 2.24) is 23.6 Å². The molecular formula is C31H47N5O5S. The smallest absolute Gasteiger partial charge is 0.248 e. The summed E-state index contributed by atoms with van der Waals surface area (Å²) in [5, 5.41) is 0. The SMILES string of the molecule is COc1cc(C)c(S(=O)(=O)N2CCn3cccc3C2COCC(=O)N(C)[C@H]2CCC[C@H](N3CCN(C)CC3)C2)c(C)c1. The number of benzene rings is 1. The summed E-state index contributed by atoms with van der Waals surface area (Å²) in [5.74, 6) is 0.577. The highest BCUT2D eigenvalue weighted by molar-refractivity contribution is 7.89. The number of fused-ring (bicyclic) bond motifs is 1. The van der Waals surface area contributed by atoms with Gasteiger partial charge in [-0.05, 0) is 82.0 Å². The Kier molecular flexibility index (Phi) is 9.63. The van der Waals surface area contributed by atoms with E-state index in [1.165, 1.54) is 6.42 Å². The van der Waals surface area contributed by atoms with Gasteiger partial charge in [-0.15, -0.1) is 0 Å². The van der Waals surface area contributed by atoms with Gasteiger partial charge in [0.15, 0.2) is 0 Å². The van der Waals surface area contributed by atoms with Crippen molar-refractivity contribution in [2.45, 2.75) is 69.1 Å². The van der Waals surface area contributed by atoms with Crippen molar-refractivity contribution in [3.63, 3.8) is 0 Å². The Hall–Kier alpha value is -2.44. The average Bonchev–Trinajstić information content (AvgIpc) is 3.46. The molecule has 2 aliphatic heterocycles. The van der Waals surface area contributed by atoms with Gasteiger partial charge in [0, 0.05) is 70.3 Å². The van der Waals surface area contributed by atoms with Gasteiger partial charge < -0.3 is 23.8 Å². The lowest BCUT2D eigenvalue weighted by atomic mass is 9.88. The standard InChI is InChI=1S/C31H47N5O5S/c1-23-18-27(40-5)19-24(2)31(23)42(38,39)36-17-16-35-11-7-10-28(35)29(36)21-41-22-30(37)33(4)25-8-6-9-26(20-25)34-14-12-32(3)13-15-34/h7,10-11,18-19,25-26,29H,6,8-9,12-17,20-22H2,1-5H3/t25-,26-,29?/m0/s1. The van der Waals surface area contributed by atoms with Crippen molar-refractivity contribution in [2.24, 2.45) is 0 Å². The first kappa shape index (κ1) is 31.0. The first-order valence-corrected chi connectivity index (χ1v) is 16.6. The number of likely N-dealkylation sites (N-methyl/N-ethyl adjacent to an activating group) is 2. The maximum Gasteiger partial charge on any atom is 0.248 e. The molecule has 0 bridgehead atoms. The van der Waals surface area contributed by atoms with Crippen molar-refractivity contribution in [2.75, 3.05) is 67.1 Å². The van der Waals surface area contributed by atoms with Crippen LogP contribution in [0.2, 0.25) is 0 Å². The third-order valence-electron chi connectivity index (χ3n) is 9.47. The number of rotatable bonds is 9. The first-order chi connectivity index (χ1) is 20.1. The lowest BCUT2D eigenvalue weighted by Gasteiger charge is -2.43. The second-order valence-electron chi connectivity index (χ2n) is 12.2. The minimum atomic E-state index is -3.84. The molecule has 11 heteroatoms. The van der Waals surface area contributed by atoms with Gasteiger partial charge in [0.05, 0.1) is 24.7 Å². The van der Waals surface area contributed by atoms with Crippen LogP contribution < -0.4 is 4.74 Å². The summed E-state index contributed by atoms with van der Waals surface area (Å²) in [6.07, 6.45) is 6.28. The maximum atomic E-state index is 14.1. The normalized spacial score (nSPS) is 24.4. The fourth-order valence-electron chi connectivity index (χ4n) is 7.02. The van der Waals surface area contributed by atoms with E-state index in [-0.39, 0.29) is 25.2 Å². The zero-order valence-electron chi connectivity index (χ0n) is 25.8. The van der Waals surface area contributed by atoms with Gasteiger partial charge in [0.25, 0.3) is 0 Å². The van der Waals surface area contributed by atoms with E-state index in [0.717, 1.165) is 51.1 Å². The van der Waals surface area contributed by atoms with Gasteiger partial charge in [-0.2, -0.15) is 4.31 Å². The number of carbonyl (C=O) groups is 1. The molecule has 1 amide bonds. The summed E-state index contributed by atoms with van der Waals surface area (Å²) in [6, 6.07) is 7.57. The van der Waals surface area contributed by atoms with Crippen molar-refractivity contribution in [3.05, 3.63) is 47.3 Å². The van der Waals surface area contributed by atoms with Crippen LogP contribution in [-0.2, 0) is 26.1 Å². The molecule has 2 fully saturated rings. The molecule has 1 unspecified atom stereocenters. The van der Waals surface area contributed by atoms with Gasteiger partial charge in [-0.1, -0.05) is 0 Å². The van der Waals surface area contributed by atoms with E-state index >= 15 is 0 Å². The van der Waals surface area contributed by atoms with Crippen LogP contribution in [0.25, 0.3) is 0 Å². The minimum absolute atomic E-state index is 0.0542. The number of aromatic nitrogens is 1. The van der Waals surface area contributed by atoms with E-state index in [4.69, 9.17) is 9.47 Å². The van der Waals surface area contributed by atoms with Gasteiger partial charge in [0.2, 0.25) is 15.9 Å². The van der Waals surface area contributed by atoms with Crippen LogP contribution in [0.4, 0.5) is 0 Å². The maximum absolute atomic E-state index is 14.1. The topological polar surface area (TPSA) is 87.6 Å². The predicted molar refractivity (Wildman–Crippen MR) is 162 cm³/mol. The Morgan fingerprint density at radius 3 is 2.45 bits per heavy atom. The molecule has 0 spiro atoms. The number of ether oxygens (including phenoxy) is 2. The zero-order chi connectivity index (χ0) is 30.0. The van der Waals surface area contributed by atoms with E-state index in [0.29, 0.717) is 40.9 Å². The number of carbonyl (C=O) groups excluding carboxylic acids is 1. The number of hydrogen-bond donors (Lipinski definition) is 0. The molecule has 10 nitrogen and oxygen atoms in total. The molecule has 1 aliphatic carbocycles. The number of nitrogens with zero attached hydrogens (tertiary/aromatic N) is 5. The van der Waals surface area contributed by atoms with E-state index in [1.807, 2.05) is 30.3 Å². The van der Waals surface area contributed by atoms with Gasteiger partial charge in [-0.25, -0.2) is 8.42 Å². The van der Waals surface area contributed by atoms with Crippen LogP contribution in [0.5, 0.6) is 5.75 Å². The third-order valence-corrected chi connectivity index (χ3v) is 11.7. The largest absolute Gasteiger partial charge is 0.497 e. The second-order valence-corrected chi connectivity index (χ2v) is 14.0. The van der Waals surface area contributed by atoms with Crippen LogP contribution in [-0.4, -0.2) is 117 Å². The fourth-order valence-corrected chi connectivity index (χ4v) is 9.02. The molecule has 3 atom stereocenters. The first-order valence-electron chi connectivity index (χ1n) is 15.2. The van der Waals surface area contributed by atoms with Crippen LogP contribution in [0.3, 0.4) is 0 Å². The molecule has 1 aromatic heterocycles. The molecule has 0 radical (unpaired) electrons. The summed E-state index contributed by atoms with van der Waals surface area (Å²) < 4.78 is 43.2. The molecule has 1 saturated carbocycles. The molecule has 1 saturated heterocycles. The molecule has 2 aromatic rings. The Balaban J connectivity index is 1.25. The van der Waals surface area contributed by atoms with Gasteiger partial charge in [0.1, 0.15) is 12.4 Å². The number of piperazine rings is 1. The van der Waals surface area contributed by atoms with Crippen LogP contribution in [0.15, 0.2) is 35.4 Å². The molecular weight excluding hydrogens is 554 g/mol. The highest BCUT2D eigenvalue weighted by atomic mass is 32.2. The highest BCUT2D eigenvalue weighted by Gasteiger charge is 2.39. The Morgan fingerprint density at radius 1 is 1.05 bits per heavy atom. The lowest BCUT2D eigenvalue weighted by molar-refractivity contribution is -0.138. The third kappa shape index (κ3) is 6.40.